The van der Waals surface area contributed by atoms with Crippen molar-refractivity contribution in [3.63, 3.8) is 0 Å². The van der Waals surface area contributed by atoms with Crippen LogP contribution in [-0.2, 0) is 6.54 Å². The summed E-state index contributed by atoms with van der Waals surface area (Å²) >= 11 is 0. The Labute approximate surface area is 86.9 Å². The summed E-state index contributed by atoms with van der Waals surface area (Å²) in [4.78, 5) is 0. The van der Waals surface area contributed by atoms with Gasteiger partial charge in [-0.3, -0.25) is 0 Å². The monoisotopic (exact) mass is 190 g/mol. The molecule has 1 aromatic carbocycles. The van der Waals surface area contributed by atoms with Crippen LogP contribution in [0.15, 0.2) is 30.3 Å². The van der Waals surface area contributed by atoms with E-state index in [1.54, 1.807) is 0 Å². The molecule has 0 radical (unpaired) electrons. The SMILES string of the molecule is CCC1C[N+]1(CC)Cc1ccccc1. The molecular formula is C13H20N+. The minimum Gasteiger partial charge on any atom is -0.308 e. The third-order valence-electron chi connectivity index (χ3n) is 3.66. The molecule has 0 bridgehead atoms. The van der Waals surface area contributed by atoms with Gasteiger partial charge in [0.2, 0.25) is 0 Å². The van der Waals surface area contributed by atoms with Gasteiger partial charge in [0.05, 0.1) is 6.54 Å². The summed E-state index contributed by atoms with van der Waals surface area (Å²) in [6, 6.07) is 11.8. The highest BCUT2D eigenvalue weighted by atomic mass is 15.5. The molecule has 2 rings (SSSR count). The van der Waals surface area contributed by atoms with E-state index in [0.29, 0.717) is 0 Å². The van der Waals surface area contributed by atoms with Crippen LogP contribution >= 0.6 is 0 Å². The number of hydrogen-bond donors (Lipinski definition) is 0. The van der Waals surface area contributed by atoms with Gasteiger partial charge < -0.3 is 4.48 Å². The third-order valence-corrected chi connectivity index (χ3v) is 3.66. The average molecular weight is 190 g/mol. The molecule has 1 fully saturated rings. The second-order valence-corrected chi connectivity index (χ2v) is 4.42. The van der Waals surface area contributed by atoms with Gasteiger partial charge in [0.25, 0.3) is 0 Å². The van der Waals surface area contributed by atoms with Crippen LogP contribution in [0.5, 0.6) is 0 Å². The Kier molecular flexibility index (Phi) is 2.60. The minimum absolute atomic E-state index is 0.931. The first-order chi connectivity index (χ1) is 6.80. The van der Waals surface area contributed by atoms with Gasteiger partial charge in [-0.1, -0.05) is 37.3 Å². The molecular weight excluding hydrogens is 170 g/mol. The maximum Gasteiger partial charge on any atom is 0.139 e. The maximum atomic E-state index is 2.32. The highest BCUT2D eigenvalue weighted by molar-refractivity contribution is 5.13. The first-order valence-corrected chi connectivity index (χ1v) is 5.70. The number of likely N-dealkylation sites (N-methyl/N-ethyl adjacent to an activating group) is 1. The predicted molar refractivity (Wildman–Crippen MR) is 59.9 cm³/mol. The Balaban J connectivity index is 2.04. The second kappa shape index (κ2) is 3.74. The van der Waals surface area contributed by atoms with Gasteiger partial charge in [0.1, 0.15) is 19.1 Å². The van der Waals surface area contributed by atoms with Crippen LogP contribution in [0, 0.1) is 0 Å². The summed E-state index contributed by atoms with van der Waals surface area (Å²) in [5.41, 5.74) is 1.49. The summed E-state index contributed by atoms with van der Waals surface area (Å²) in [5.74, 6) is 0. The molecule has 1 aliphatic rings. The maximum absolute atomic E-state index is 2.32. The van der Waals surface area contributed by atoms with Gasteiger partial charge in [-0.2, -0.15) is 0 Å². The fourth-order valence-corrected chi connectivity index (χ4v) is 2.53. The molecule has 0 aliphatic carbocycles. The van der Waals surface area contributed by atoms with Crippen LogP contribution < -0.4 is 0 Å². The van der Waals surface area contributed by atoms with E-state index in [0.717, 1.165) is 6.04 Å². The molecule has 76 valence electrons. The topological polar surface area (TPSA) is 0 Å². The van der Waals surface area contributed by atoms with Gasteiger partial charge >= 0.3 is 0 Å². The summed E-state index contributed by atoms with van der Waals surface area (Å²) in [6.07, 6.45) is 1.33. The molecule has 14 heavy (non-hydrogen) atoms. The van der Waals surface area contributed by atoms with E-state index in [2.05, 4.69) is 44.2 Å². The number of nitrogens with zero attached hydrogens (tertiary/aromatic N) is 1. The highest BCUT2D eigenvalue weighted by Crippen LogP contribution is 2.35. The van der Waals surface area contributed by atoms with E-state index in [-0.39, 0.29) is 0 Å². The Hall–Kier alpha value is -0.820. The molecule has 2 atom stereocenters. The van der Waals surface area contributed by atoms with E-state index >= 15 is 0 Å². The molecule has 0 saturated carbocycles. The quantitative estimate of drug-likeness (QED) is 0.506. The number of rotatable bonds is 4. The number of hydrogen-bond acceptors (Lipinski definition) is 0. The minimum atomic E-state index is 0.931. The van der Waals surface area contributed by atoms with Crippen molar-refractivity contribution in [2.75, 3.05) is 13.1 Å². The molecule has 1 aliphatic heterocycles. The summed E-state index contributed by atoms with van der Waals surface area (Å²) in [6.45, 7) is 8.54. The lowest BCUT2D eigenvalue weighted by atomic mass is 10.2. The van der Waals surface area contributed by atoms with Crippen LogP contribution in [0.4, 0.5) is 0 Å². The third kappa shape index (κ3) is 1.69. The van der Waals surface area contributed by atoms with E-state index in [1.807, 2.05) is 0 Å². The largest absolute Gasteiger partial charge is 0.308 e. The van der Waals surface area contributed by atoms with Gasteiger partial charge in [0, 0.05) is 12.0 Å². The van der Waals surface area contributed by atoms with Crippen LogP contribution in [0.25, 0.3) is 0 Å². The molecule has 0 N–H and O–H groups in total. The first kappa shape index (κ1) is 9.72. The fourth-order valence-electron chi connectivity index (χ4n) is 2.53. The lowest BCUT2D eigenvalue weighted by Gasteiger charge is -2.18. The van der Waals surface area contributed by atoms with Crippen LogP contribution in [0.2, 0.25) is 0 Å². The van der Waals surface area contributed by atoms with Crippen molar-refractivity contribution in [1.82, 2.24) is 0 Å². The van der Waals surface area contributed by atoms with Crippen molar-refractivity contribution < 1.29 is 4.48 Å². The van der Waals surface area contributed by atoms with Gasteiger partial charge in [-0.25, -0.2) is 0 Å². The summed E-state index contributed by atoms with van der Waals surface area (Å²) < 4.78 is 1.32. The van der Waals surface area contributed by atoms with Crippen molar-refractivity contribution in [1.29, 1.82) is 0 Å². The van der Waals surface area contributed by atoms with Crippen LogP contribution in [0.3, 0.4) is 0 Å². The van der Waals surface area contributed by atoms with Crippen molar-refractivity contribution in [2.24, 2.45) is 0 Å². The molecule has 2 unspecified atom stereocenters. The van der Waals surface area contributed by atoms with Crippen LogP contribution in [-0.4, -0.2) is 23.6 Å². The first-order valence-electron chi connectivity index (χ1n) is 5.70. The number of benzene rings is 1. The molecule has 1 heterocycles. The zero-order valence-electron chi connectivity index (χ0n) is 9.24. The van der Waals surface area contributed by atoms with E-state index in [4.69, 9.17) is 0 Å². The van der Waals surface area contributed by atoms with Crippen molar-refractivity contribution in [2.45, 2.75) is 32.9 Å². The Morgan fingerprint density at radius 3 is 2.43 bits per heavy atom. The molecule has 0 spiro atoms. The molecule has 1 aromatic rings. The zero-order chi connectivity index (χ0) is 10.0. The number of quaternary nitrogens is 1. The van der Waals surface area contributed by atoms with Crippen molar-refractivity contribution >= 4 is 0 Å². The molecule has 1 nitrogen and oxygen atoms in total. The predicted octanol–water partition coefficient (Wildman–Crippen LogP) is 2.82. The molecule has 0 amide bonds. The standard InChI is InChI=1S/C13H20N/c1-3-13-11-14(13,4-2)10-12-8-6-5-7-9-12/h5-9,13H,3-4,10-11H2,1-2H3/q+1. The molecule has 0 aromatic heterocycles. The average Bonchev–Trinajstić information content (AvgIpc) is 2.94. The normalized spacial score (nSPS) is 30.3. The Morgan fingerprint density at radius 2 is 1.93 bits per heavy atom. The summed E-state index contributed by atoms with van der Waals surface area (Å²) in [7, 11) is 0. The zero-order valence-corrected chi connectivity index (χ0v) is 9.24. The van der Waals surface area contributed by atoms with E-state index in [1.165, 1.54) is 36.1 Å². The van der Waals surface area contributed by atoms with Crippen LogP contribution in [0.1, 0.15) is 25.8 Å². The van der Waals surface area contributed by atoms with Crippen molar-refractivity contribution in [3.05, 3.63) is 35.9 Å². The van der Waals surface area contributed by atoms with E-state index in [9.17, 15) is 0 Å². The lowest BCUT2D eigenvalue weighted by molar-refractivity contribution is -0.826. The summed E-state index contributed by atoms with van der Waals surface area (Å²) in [5, 5.41) is 0. The van der Waals surface area contributed by atoms with Gasteiger partial charge in [-0.15, -0.1) is 0 Å². The smallest absolute Gasteiger partial charge is 0.139 e. The van der Waals surface area contributed by atoms with Crippen molar-refractivity contribution in [3.8, 4) is 0 Å². The van der Waals surface area contributed by atoms with E-state index < -0.39 is 0 Å². The Bertz CT molecular complexity index is 293. The van der Waals surface area contributed by atoms with Gasteiger partial charge in [0.15, 0.2) is 0 Å². The lowest BCUT2D eigenvalue weighted by Crippen LogP contribution is -2.27. The highest BCUT2D eigenvalue weighted by Gasteiger charge is 2.51. The van der Waals surface area contributed by atoms with Gasteiger partial charge in [-0.05, 0) is 6.92 Å². The Morgan fingerprint density at radius 1 is 1.21 bits per heavy atom. The molecule has 1 heteroatoms. The second-order valence-electron chi connectivity index (χ2n) is 4.42. The molecule has 1 saturated heterocycles. The fraction of sp³-hybridized carbons (Fsp3) is 0.538.